The van der Waals surface area contributed by atoms with E-state index in [0.29, 0.717) is 32.7 Å². The fourth-order valence-corrected chi connectivity index (χ4v) is 1.49. The van der Waals surface area contributed by atoms with Gasteiger partial charge in [0.2, 0.25) is 0 Å². The molecular formula is C14H21NO3. The molecule has 0 amide bonds. The van der Waals surface area contributed by atoms with Crippen LogP contribution in [0.25, 0.3) is 0 Å². The van der Waals surface area contributed by atoms with E-state index >= 15 is 0 Å². The average molecular weight is 251 g/mol. The van der Waals surface area contributed by atoms with Crippen LogP contribution in [0.5, 0.6) is 0 Å². The number of esters is 1. The van der Waals surface area contributed by atoms with Gasteiger partial charge in [0.1, 0.15) is 0 Å². The fraction of sp³-hybridized carbons (Fsp3) is 0.500. The van der Waals surface area contributed by atoms with Crippen molar-refractivity contribution in [2.24, 2.45) is 0 Å². The predicted molar refractivity (Wildman–Crippen MR) is 71.2 cm³/mol. The quantitative estimate of drug-likeness (QED) is 0.437. The van der Waals surface area contributed by atoms with Gasteiger partial charge in [-0.05, 0) is 31.0 Å². The molecule has 18 heavy (non-hydrogen) atoms. The third-order valence-electron chi connectivity index (χ3n) is 2.50. The van der Waals surface area contributed by atoms with Gasteiger partial charge in [0.05, 0.1) is 6.61 Å². The van der Waals surface area contributed by atoms with Crippen LogP contribution in [0.1, 0.15) is 25.3 Å². The van der Waals surface area contributed by atoms with Crippen molar-refractivity contribution >= 4 is 11.7 Å². The number of carbonyl (C=O) groups excluding carboxylic acids is 1. The van der Waals surface area contributed by atoms with Gasteiger partial charge in [0, 0.05) is 31.7 Å². The lowest BCUT2D eigenvalue weighted by Crippen LogP contribution is -2.08. The Morgan fingerprint density at radius 1 is 1.22 bits per heavy atom. The van der Waals surface area contributed by atoms with Crippen LogP contribution in [0, 0.1) is 0 Å². The smallest absolute Gasteiger partial charge is 0.306 e. The molecule has 100 valence electrons. The summed E-state index contributed by atoms with van der Waals surface area (Å²) in [6.45, 7) is 3.71. The first-order valence-corrected chi connectivity index (χ1v) is 6.30. The molecule has 4 nitrogen and oxygen atoms in total. The van der Waals surface area contributed by atoms with Crippen molar-refractivity contribution in [3.05, 3.63) is 29.8 Å². The predicted octanol–water partition coefficient (Wildman–Crippen LogP) is 2.17. The zero-order valence-electron chi connectivity index (χ0n) is 10.9. The molecule has 4 heteroatoms. The number of hydrogen-bond donors (Lipinski definition) is 1. The summed E-state index contributed by atoms with van der Waals surface area (Å²) in [4.78, 5) is 11.4. The lowest BCUT2D eigenvalue weighted by atomic mass is 10.1. The molecule has 0 bridgehead atoms. The highest BCUT2D eigenvalue weighted by atomic mass is 16.5. The molecule has 0 unspecified atom stereocenters. The van der Waals surface area contributed by atoms with Gasteiger partial charge >= 0.3 is 5.97 Å². The first-order chi connectivity index (χ1) is 8.72. The van der Waals surface area contributed by atoms with Crippen LogP contribution in [0.3, 0.4) is 0 Å². The summed E-state index contributed by atoms with van der Waals surface area (Å²) >= 11 is 0. The van der Waals surface area contributed by atoms with Gasteiger partial charge in [-0.2, -0.15) is 0 Å². The summed E-state index contributed by atoms with van der Waals surface area (Å²) in [5.41, 5.74) is 7.41. The molecule has 0 radical (unpaired) electrons. The summed E-state index contributed by atoms with van der Waals surface area (Å²) in [6, 6.07) is 7.53. The first kappa shape index (κ1) is 14.5. The van der Waals surface area contributed by atoms with E-state index < -0.39 is 0 Å². The normalized spacial score (nSPS) is 10.3. The number of nitrogens with two attached hydrogens (primary N) is 1. The summed E-state index contributed by atoms with van der Waals surface area (Å²) < 4.78 is 10.2. The molecule has 0 aliphatic heterocycles. The molecule has 0 saturated carbocycles. The van der Waals surface area contributed by atoms with E-state index in [1.54, 1.807) is 0 Å². The summed E-state index contributed by atoms with van der Waals surface area (Å²) in [7, 11) is 0. The topological polar surface area (TPSA) is 61.5 Å². The van der Waals surface area contributed by atoms with E-state index in [9.17, 15) is 4.79 Å². The second kappa shape index (κ2) is 8.53. The van der Waals surface area contributed by atoms with Crippen LogP contribution < -0.4 is 5.73 Å². The van der Waals surface area contributed by atoms with Crippen molar-refractivity contribution in [3.63, 3.8) is 0 Å². The van der Waals surface area contributed by atoms with E-state index in [1.165, 1.54) is 0 Å². The molecule has 2 N–H and O–H groups in total. The Morgan fingerprint density at radius 3 is 2.61 bits per heavy atom. The Morgan fingerprint density at radius 2 is 1.94 bits per heavy atom. The van der Waals surface area contributed by atoms with Gasteiger partial charge in [-0.1, -0.05) is 12.1 Å². The highest BCUT2D eigenvalue weighted by molar-refractivity contribution is 5.69. The van der Waals surface area contributed by atoms with Crippen molar-refractivity contribution in [3.8, 4) is 0 Å². The van der Waals surface area contributed by atoms with Crippen LogP contribution in [0.15, 0.2) is 24.3 Å². The number of ether oxygens (including phenoxy) is 2. The zero-order valence-corrected chi connectivity index (χ0v) is 10.9. The summed E-state index contributed by atoms with van der Waals surface area (Å²) in [6.07, 6.45) is 1.84. The highest BCUT2D eigenvalue weighted by Gasteiger charge is 2.03. The molecule has 0 heterocycles. The van der Waals surface area contributed by atoms with Gasteiger partial charge in [-0.15, -0.1) is 0 Å². The zero-order chi connectivity index (χ0) is 13.2. The third-order valence-corrected chi connectivity index (χ3v) is 2.50. The summed E-state index contributed by atoms with van der Waals surface area (Å²) in [5, 5.41) is 0. The monoisotopic (exact) mass is 251 g/mol. The molecule has 0 saturated heterocycles. The average Bonchev–Trinajstić information content (AvgIpc) is 2.38. The van der Waals surface area contributed by atoms with Crippen molar-refractivity contribution in [2.75, 3.05) is 25.6 Å². The summed E-state index contributed by atoms with van der Waals surface area (Å²) in [5.74, 6) is -0.164. The first-order valence-electron chi connectivity index (χ1n) is 6.30. The Kier molecular flexibility index (Phi) is 6.87. The molecule has 0 aliphatic rings. The maximum Gasteiger partial charge on any atom is 0.306 e. The maximum absolute atomic E-state index is 11.4. The van der Waals surface area contributed by atoms with Crippen molar-refractivity contribution < 1.29 is 14.3 Å². The Bertz CT molecular complexity index is 349. The molecule has 0 fully saturated rings. The van der Waals surface area contributed by atoms with E-state index in [4.69, 9.17) is 15.2 Å². The van der Waals surface area contributed by atoms with Gasteiger partial charge < -0.3 is 15.2 Å². The number of hydrogen-bond acceptors (Lipinski definition) is 4. The van der Waals surface area contributed by atoms with Gasteiger partial charge in [-0.3, -0.25) is 4.79 Å². The largest absolute Gasteiger partial charge is 0.466 e. The third kappa shape index (κ3) is 6.25. The Hall–Kier alpha value is -1.55. The second-order valence-electron chi connectivity index (χ2n) is 4.01. The SMILES string of the molecule is CCOCCCOC(=O)CCc1ccc(N)cc1. The van der Waals surface area contributed by atoms with Crippen LogP contribution in [-0.2, 0) is 20.7 Å². The molecule has 0 aliphatic carbocycles. The lowest BCUT2D eigenvalue weighted by molar-refractivity contribution is -0.143. The number of carbonyl (C=O) groups is 1. The standard InChI is InChI=1S/C14H21NO3/c1-2-17-10-3-11-18-14(16)9-6-12-4-7-13(15)8-5-12/h4-5,7-8H,2-3,6,9-11,15H2,1H3. The number of aryl methyl sites for hydroxylation is 1. The molecule has 1 aromatic rings. The Balaban J connectivity index is 2.11. The minimum atomic E-state index is -0.164. The van der Waals surface area contributed by atoms with E-state index in [0.717, 1.165) is 17.7 Å². The minimum Gasteiger partial charge on any atom is -0.466 e. The fourth-order valence-electron chi connectivity index (χ4n) is 1.49. The number of nitrogen functional groups attached to an aromatic ring is 1. The maximum atomic E-state index is 11.4. The lowest BCUT2D eigenvalue weighted by Gasteiger charge is -2.05. The van der Waals surface area contributed by atoms with E-state index in [-0.39, 0.29) is 5.97 Å². The molecule has 1 rings (SSSR count). The Labute approximate surface area is 108 Å². The number of rotatable bonds is 8. The van der Waals surface area contributed by atoms with E-state index in [2.05, 4.69) is 0 Å². The molecule has 0 spiro atoms. The number of benzene rings is 1. The van der Waals surface area contributed by atoms with Crippen molar-refractivity contribution in [2.45, 2.75) is 26.2 Å². The number of anilines is 1. The van der Waals surface area contributed by atoms with Crippen LogP contribution in [-0.4, -0.2) is 25.8 Å². The van der Waals surface area contributed by atoms with Crippen LogP contribution in [0.4, 0.5) is 5.69 Å². The van der Waals surface area contributed by atoms with Gasteiger partial charge in [0.15, 0.2) is 0 Å². The molecule has 0 aromatic heterocycles. The van der Waals surface area contributed by atoms with Crippen molar-refractivity contribution in [1.29, 1.82) is 0 Å². The molecular weight excluding hydrogens is 230 g/mol. The van der Waals surface area contributed by atoms with Crippen molar-refractivity contribution in [1.82, 2.24) is 0 Å². The van der Waals surface area contributed by atoms with Gasteiger partial charge in [-0.25, -0.2) is 0 Å². The highest BCUT2D eigenvalue weighted by Crippen LogP contribution is 2.08. The van der Waals surface area contributed by atoms with Crippen LogP contribution >= 0.6 is 0 Å². The van der Waals surface area contributed by atoms with Gasteiger partial charge in [0.25, 0.3) is 0 Å². The minimum absolute atomic E-state index is 0.164. The second-order valence-corrected chi connectivity index (χ2v) is 4.01. The molecule has 1 aromatic carbocycles. The van der Waals surface area contributed by atoms with E-state index in [1.807, 2.05) is 31.2 Å². The van der Waals surface area contributed by atoms with Crippen LogP contribution in [0.2, 0.25) is 0 Å². The molecule has 0 atom stereocenters.